The highest BCUT2D eigenvalue weighted by molar-refractivity contribution is 6.19. The highest BCUT2D eigenvalue weighted by atomic mass is 15.0. The van der Waals surface area contributed by atoms with Crippen LogP contribution in [-0.2, 0) is 0 Å². The van der Waals surface area contributed by atoms with E-state index < -0.39 is 0 Å². The summed E-state index contributed by atoms with van der Waals surface area (Å²) in [5.74, 6) is 0. The van der Waals surface area contributed by atoms with E-state index >= 15 is 0 Å². The summed E-state index contributed by atoms with van der Waals surface area (Å²) in [6.07, 6.45) is 0. The van der Waals surface area contributed by atoms with Gasteiger partial charge in [0.05, 0.1) is 45.3 Å². The topological polar surface area (TPSA) is 57.4 Å². The Morgan fingerprint density at radius 2 is 0.759 bits per heavy atom. The van der Waals surface area contributed by atoms with Crippen molar-refractivity contribution in [3.8, 4) is 56.9 Å². The average molecular weight is 687 g/mol. The largest absolute Gasteiger partial charge is 0.309 e. The fourth-order valence-electron chi connectivity index (χ4n) is 8.17. The molecule has 0 fully saturated rings. The van der Waals surface area contributed by atoms with E-state index in [0.717, 1.165) is 66.3 Å². The van der Waals surface area contributed by atoms with Crippen LogP contribution in [-0.4, -0.2) is 9.13 Å². The molecule has 4 heteroatoms. The lowest BCUT2D eigenvalue weighted by Gasteiger charge is -2.14. The van der Waals surface area contributed by atoms with Crippen LogP contribution in [0.5, 0.6) is 0 Å². The quantitative estimate of drug-likeness (QED) is 0.181. The molecule has 0 spiro atoms. The van der Waals surface area contributed by atoms with E-state index in [0.29, 0.717) is 16.7 Å². The summed E-state index contributed by atoms with van der Waals surface area (Å²) in [7, 11) is 0. The summed E-state index contributed by atoms with van der Waals surface area (Å²) in [5, 5.41) is 24.6. The van der Waals surface area contributed by atoms with Crippen molar-refractivity contribution in [1.29, 1.82) is 10.5 Å². The molecule has 2 heterocycles. The minimum atomic E-state index is 0.481. The van der Waals surface area contributed by atoms with Crippen molar-refractivity contribution in [3.05, 3.63) is 193 Å². The zero-order chi connectivity index (χ0) is 36.2. The van der Waals surface area contributed by atoms with Gasteiger partial charge in [0.25, 0.3) is 0 Å². The first-order valence-electron chi connectivity index (χ1n) is 18.0. The number of hydrogen-bond acceptors (Lipinski definition) is 2. The zero-order valence-corrected chi connectivity index (χ0v) is 29.1. The summed E-state index contributed by atoms with van der Waals surface area (Å²) in [6.45, 7) is 0. The van der Waals surface area contributed by atoms with Crippen LogP contribution in [0.2, 0.25) is 0 Å². The van der Waals surface area contributed by atoms with Crippen molar-refractivity contribution in [2.75, 3.05) is 0 Å². The SMILES string of the molecule is N#Cc1cccc(C#N)c1-c1cccc(-n2c3ccccc3c3cc4c(cc32)c2ccccc2n4-c2cc(-c3ccccc3)cc(-c3ccccc3)c2)c1. The molecule has 0 saturated carbocycles. The number of fused-ring (bicyclic) bond motifs is 6. The Kier molecular flexibility index (Phi) is 7.22. The Hall–Kier alpha value is -7.66. The summed E-state index contributed by atoms with van der Waals surface area (Å²) >= 11 is 0. The van der Waals surface area contributed by atoms with Crippen LogP contribution < -0.4 is 0 Å². The molecule has 0 aliphatic carbocycles. The van der Waals surface area contributed by atoms with E-state index in [2.05, 4.69) is 173 Å². The van der Waals surface area contributed by atoms with E-state index in [-0.39, 0.29) is 0 Å². The molecule has 0 aliphatic rings. The number of rotatable bonds is 5. The Morgan fingerprint density at radius 1 is 0.315 bits per heavy atom. The van der Waals surface area contributed by atoms with Gasteiger partial charge in [-0.05, 0) is 94.5 Å². The highest BCUT2D eigenvalue weighted by Gasteiger charge is 2.20. The average Bonchev–Trinajstić information content (AvgIpc) is 3.75. The third-order valence-corrected chi connectivity index (χ3v) is 10.6. The van der Waals surface area contributed by atoms with Gasteiger partial charge in [-0.25, -0.2) is 0 Å². The van der Waals surface area contributed by atoms with Crippen molar-refractivity contribution >= 4 is 43.6 Å². The Bertz CT molecular complexity index is 3080. The second kappa shape index (κ2) is 12.5. The molecule has 0 N–H and O–H groups in total. The predicted octanol–water partition coefficient (Wildman–Crippen LogP) is 12.6. The van der Waals surface area contributed by atoms with E-state index in [9.17, 15) is 10.5 Å². The fraction of sp³-hybridized carbons (Fsp3) is 0. The summed E-state index contributed by atoms with van der Waals surface area (Å²) < 4.78 is 4.72. The monoisotopic (exact) mass is 686 g/mol. The summed E-state index contributed by atoms with van der Waals surface area (Å²) in [4.78, 5) is 0. The van der Waals surface area contributed by atoms with Gasteiger partial charge in [0.1, 0.15) is 0 Å². The Morgan fingerprint density at radius 3 is 1.30 bits per heavy atom. The van der Waals surface area contributed by atoms with E-state index in [1.807, 2.05) is 12.1 Å². The molecule has 0 bridgehead atoms. The first-order valence-corrected chi connectivity index (χ1v) is 18.0. The molecule has 0 saturated heterocycles. The van der Waals surface area contributed by atoms with Crippen molar-refractivity contribution in [3.63, 3.8) is 0 Å². The number of nitriles is 2. The second-order valence-electron chi connectivity index (χ2n) is 13.6. The smallest absolute Gasteiger partial charge is 0.0998 e. The Balaban J connectivity index is 1.26. The molecule has 0 radical (unpaired) electrons. The zero-order valence-electron chi connectivity index (χ0n) is 29.1. The van der Waals surface area contributed by atoms with Crippen molar-refractivity contribution in [2.24, 2.45) is 0 Å². The molecule has 10 rings (SSSR count). The normalized spacial score (nSPS) is 11.3. The van der Waals surface area contributed by atoms with Crippen molar-refractivity contribution in [1.82, 2.24) is 9.13 Å². The minimum absolute atomic E-state index is 0.481. The van der Waals surface area contributed by atoms with Crippen molar-refractivity contribution < 1.29 is 0 Å². The van der Waals surface area contributed by atoms with E-state index in [4.69, 9.17) is 0 Å². The maximum absolute atomic E-state index is 9.99. The van der Waals surface area contributed by atoms with Crippen LogP contribution >= 0.6 is 0 Å². The van der Waals surface area contributed by atoms with Gasteiger partial charge in [0.2, 0.25) is 0 Å². The highest BCUT2D eigenvalue weighted by Crippen LogP contribution is 2.41. The predicted molar refractivity (Wildman–Crippen MR) is 221 cm³/mol. The van der Waals surface area contributed by atoms with Crippen molar-refractivity contribution in [2.45, 2.75) is 0 Å². The molecule has 2 aromatic heterocycles. The first-order chi connectivity index (χ1) is 26.7. The molecular formula is C50H30N4. The van der Waals surface area contributed by atoms with Gasteiger partial charge in [0.15, 0.2) is 0 Å². The Labute approximate surface area is 312 Å². The van der Waals surface area contributed by atoms with Crippen LogP contribution in [0, 0.1) is 22.7 Å². The maximum atomic E-state index is 9.99. The number of para-hydroxylation sites is 2. The van der Waals surface area contributed by atoms with E-state index in [1.54, 1.807) is 18.2 Å². The summed E-state index contributed by atoms with van der Waals surface area (Å²) in [5.41, 5.74) is 13.6. The molecule has 250 valence electrons. The molecule has 54 heavy (non-hydrogen) atoms. The standard InChI is InChI=1S/C50H30N4/c51-31-36-18-11-19-37(32-52)50(36)35-17-12-20-40(26-35)53-46-23-9-7-21-42(46)44-30-49-45(29-48(44)53)43-22-8-10-24-47(43)54(49)41-27-38(33-13-3-1-4-14-33)25-39(28-41)34-15-5-2-6-16-34/h1-30H. The van der Waals surface area contributed by atoms with Crippen LogP contribution in [0.3, 0.4) is 0 Å². The van der Waals surface area contributed by atoms with Crippen LogP contribution in [0.1, 0.15) is 11.1 Å². The lowest BCUT2D eigenvalue weighted by atomic mass is 9.95. The van der Waals surface area contributed by atoms with Crippen LogP contribution in [0.15, 0.2) is 182 Å². The fourth-order valence-corrected chi connectivity index (χ4v) is 8.17. The van der Waals surface area contributed by atoms with E-state index in [1.165, 1.54) is 16.5 Å². The lowest BCUT2D eigenvalue weighted by molar-refractivity contribution is 1.17. The second-order valence-corrected chi connectivity index (χ2v) is 13.6. The molecule has 0 unspecified atom stereocenters. The maximum Gasteiger partial charge on any atom is 0.0998 e. The third-order valence-electron chi connectivity index (χ3n) is 10.6. The van der Waals surface area contributed by atoms with Gasteiger partial charge >= 0.3 is 0 Å². The van der Waals surface area contributed by atoms with Gasteiger partial charge < -0.3 is 9.13 Å². The number of benzene rings is 8. The van der Waals surface area contributed by atoms with Crippen LogP contribution in [0.4, 0.5) is 0 Å². The number of aromatic nitrogens is 2. The molecular weight excluding hydrogens is 657 g/mol. The lowest BCUT2D eigenvalue weighted by Crippen LogP contribution is -1.97. The number of hydrogen-bond donors (Lipinski definition) is 0. The molecule has 10 aromatic rings. The number of nitrogens with zero attached hydrogens (tertiary/aromatic N) is 4. The minimum Gasteiger partial charge on any atom is -0.309 e. The van der Waals surface area contributed by atoms with Gasteiger partial charge in [0, 0.05) is 38.5 Å². The van der Waals surface area contributed by atoms with Crippen LogP contribution in [0.25, 0.3) is 88.4 Å². The summed E-state index contributed by atoms with van der Waals surface area (Å²) in [6, 6.07) is 68.1. The molecule has 0 amide bonds. The molecule has 8 aromatic carbocycles. The van der Waals surface area contributed by atoms with Gasteiger partial charge in [-0.15, -0.1) is 0 Å². The van der Waals surface area contributed by atoms with Gasteiger partial charge in [-0.3, -0.25) is 0 Å². The molecule has 4 nitrogen and oxygen atoms in total. The first kappa shape index (κ1) is 31.1. The van der Waals surface area contributed by atoms with Gasteiger partial charge in [-0.1, -0.05) is 115 Å². The van der Waals surface area contributed by atoms with Gasteiger partial charge in [-0.2, -0.15) is 10.5 Å². The molecule has 0 aliphatic heterocycles. The third kappa shape index (κ3) is 4.90. The molecule has 0 atom stereocenters.